The van der Waals surface area contributed by atoms with E-state index in [1.54, 1.807) is 0 Å². The lowest BCUT2D eigenvalue weighted by molar-refractivity contribution is -0.149. The van der Waals surface area contributed by atoms with Crippen LogP contribution >= 0.6 is 15.9 Å². The molecule has 4 heteroatoms. The molecule has 1 N–H and O–H groups in total. The number of hydrogen-bond acceptors (Lipinski definition) is 3. The Morgan fingerprint density at radius 1 is 1.53 bits per heavy atom. The quantitative estimate of drug-likeness (QED) is 0.870. The molecule has 0 radical (unpaired) electrons. The zero-order valence-electron chi connectivity index (χ0n) is 10.2. The fraction of sp³-hybridized carbons (Fsp3) is 0.462. The first-order valence-corrected chi connectivity index (χ1v) is 6.32. The molecule has 0 saturated carbocycles. The second kappa shape index (κ2) is 6.17. The summed E-state index contributed by atoms with van der Waals surface area (Å²) in [6.07, 6.45) is -0.309. The van der Waals surface area contributed by atoms with Crippen LogP contribution in [-0.4, -0.2) is 18.2 Å². The number of methoxy groups -OCH3 is 1. The van der Waals surface area contributed by atoms with Crippen LogP contribution < -0.4 is 0 Å². The van der Waals surface area contributed by atoms with Crippen molar-refractivity contribution in [2.75, 3.05) is 7.11 Å². The molecule has 3 nitrogen and oxygen atoms in total. The lowest BCUT2D eigenvalue weighted by atomic mass is 9.93. The van der Waals surface area contributed by atoms with E-state index in [4.69, 9.17) is 4.74 Å². The molecule has 2 atom stereocenters. The Balaban J connectivity index is 3.01. The van der Waals surface area contributed by atoms with E-state index in [-0.39, 0.29) is 5.97 Å². The van der Waals surface area contributed by atoms with Crippen molar-refractivity contribution in [2.24, 2.45) is 5.92 Å². The summed E-state index contributed by atoms with van der Waals surface area (Å²) in [5.74, 6) is -0.911. The smallest absolute Gasteiger partial charge is 0.311 e. The van der Waals surface area contributed by atoms with E-state index in [9.17, 15) is 9.90 Å². The highest BCUT2D eigenvalue weighted by molar-refractivity contribution is 9.10. The molecule has 0 aliphatic carbocycles. The molecule has 0 amide bonds. The monoisotopic (exact) mass is 300 g/mol. The minimum atomic E-state index is -0.845. The average molecular weight is 301 g/mol. The van der Waals surface area contributed by atoms with Crippen molar-refractivity contribution in [1.29, 1.82) is 0 Å². The van der Waals surface area contributed by atoms with E-state index in [0.717, 1.165) is 10.0 Å². The van der Waals surface area contributed by atoms with Gasteiger partial charge < -0.3 is 9.84 Å². The molecule has 0 aliphatic heterocycles. The van der Waals surface area contributed by atoms with Gasteiger partial charge in [-0.25, -0.2) is 0 Å². The first kappa shape index (κ1) is 14.2. The topological polar surface area (TPSA) is 46.5 Å². The van der Waals surface area contributed by atoms with Crippen molar-refractivity contribution >= 4 is 21.9 Å². The predicted molar refractivity (Wildman–Crippen MR) is 69.6 cm³/mol. The number of rotatable bonds is 4. The fourth-order valence-corrected chi connectivity index (χ4v) is 2.49. The van der Waals surface area contributed by atoms with Crippen LogP contribution in [0.25, 0.3) is 0 Å². The second-order valence-corrected chi connectivity index (χ2v) is 4.86. The van der Waals surface area contributed by atoms with Crippen LogP contribution in [0.3, 0.4) is 0 Å². The van der Waals surface area contributed by atoms with Crippen molar-refractivity contribution in [3.63, 3.8) is 0 Å². The summed E-state index contributed by atoms with van der Waals surface area (Å²) in [6.45, 7) is 3.82. The van der Waals surface area contributed by atoms with Crippen LogP contribution in [-0.2, 0) is 9.53 Å². The summed E-state index contributed by atoms with van der Waals surface area (Å²) in [4.78, 5) is 11.5. The largest absolute Gasteiger partial charge is 0.469 e. The predicted octanol–water partition coefficient (Wildman–Crippen LogP) is 2.99. The van der Waals surface area contributed by atoms with Gasteiger partial charge in [-0.15, -0.1) is 0 Å². The number of hydrogen-bond donors (Lipinski definition) is 1. The highest BCUT2D eigenvalue weighted by atomic mass is 79.9. The minimum absolute atomic E-state index is 0.382. The summed E-state index contributed by atoms with van der Waals surface area (Å²) in [5.41, 5.74) is 1.81. The van der Waals surface area contributed by atoms with E-state index < -0.39 is 12.0 Å². The molecular formula is C13H17BrO3. The van der Waals surface area contributed by atoms with Crippen LogP contribution in [0.1, 0.15) is 30.6 Å². The van der Waals surface area contributed by atoms with Gasteiger partial charge in [-0.05, 0) is 30.5 Å². The molecule has 0 aliphatic rings. The van der Waals surface area contributed by atoms with Crippen molar-refractivity contribution in [2.45, 2.75) is 26.4 Å². The highest BCUT2D eigenvalue weighted by Gasteiger charge is 2.28. The lowest BCUT2D eigenvalue weighted by Gasteiger charge is -2.20. The molecule has 94 valence electrons. The van der Waals surface area contributed by atoms with Crippen LogP contribution in [0.15, 0.2) is 22.7 Å². The molecule has 0 bridgehead atoms. The third-order valence-electron chi connectivity index (χ3n) is 2.80. The summed E-state index contributed by atoms with van der Waals surface area (Å²) in [6, 6.07) is 5.66. The Hall–Kier alpha value is -0.870. The molecule has 0 fully saturated rings. The van der Waals surface area contributed by atoms with Crippen LogP contribution in [0.4, 0.5) is 0 Å². The number of aryl methyl sites for hydroxylation is 1. The van der Waals surface area contributed by atoms with Gasteiger partial charge in [0.05, 0.1) is 19.1 Å². The van der Waals surface area contributed by atoms with Crippen molar-refractivity contribution < 1.29 is 14.6 Å². The number of ether oxygens (including phenoxy) is 1. The standard InChI is InChI=1S/C13H17BrO3/c1-4-9(13(16)17-3)12(15)10-6-5-8(2)7-11(10)14/h5-7,9,12,15H,4H2,1-3H3. The second-order valence-electron chi connectivity index (χ2n) is 4.01. The van der Waals surface area contributed by atoms with Gasteiger partial charge >= 0.3 is 5.97 Å². The van der Waals surface area contributed by atoms with E-state index in [1.165, 1.54) is 7.11 Å². The maximum absolute atomic E-state index is 11.5. The summed E-state index contributed by atoms with van der Waals surface area (Å²) in [5, 5.41) is 10.2. The molecule has 1 rings (SSSR count). The molecule has 1 aromatic rings. The van der Waals surface area contributed by atoms with Gasteiger partial charge in [0.15, 0.2) is 0 Å². The molecule has 2 unspecified atom stereocenters. The third-order valence-corrected chi connectivity index (χ3v) is 3.49. The van der Waals surface area contributed by atoms with E-state index in [2.05, 4.69) is 15.9 Å². The first-order chi connectivity index (χ1) is 8.01. The Kier molecular flexibility index (Phi) is 5.15. The third kappa shape index (κ3) is 3.30. The lowest BCUT2D eigenvalue weighted by Crippen LogP contribution is -2.23. The van der Waals surface area contributed by atoms with Gasteiger partial charge in [0, 0.05) is 4.47 Å². The van der Waals surface area contributed by atoms with E-state index >= 15 is 0 Å². The highest BCUT2D eigenvalue weighted by Crippen LogP contribution is 2.31. The SMILES string of the molecule is CCC(C(=O)OC)C(O)c1ccc(C)cc1Br. The zero-order valence-corrected chi connectivity index (χ0v) is 11.8. The average Bonchev–Trinajstić information content (AvgIpc) is 2.29. The van der Waals surface area contributed by atoms with Gasteiger partial charge in [0.1, 0.15) is 0 Å². The Bertz CT molecular complexity index is 404. The normalized spacial score (nSPS) is 14.2. The molecular weight excluding hydrogens is 284 g/mol. The van der Waals surface area contributed by atoms with Crippen LogP contribution in [0.2, 0.25) is 0 Å². The van der Waals surface area contributed by atoms with Crippen molar-refractivity contribution in [1.82, 2.24) is 0 Å². The fourth-order valence-electron chi connectivity index (χ4n) is 1.76. The maximum atomic E-state index is 11.5. The van der Waals surface area contributed by atoms with E-state index in [0.29, 0.717) is 12.0 Å². The molecule has 0 saturated heterocycles. The number of aliphatic hydroxyl groups excluding tert-OH is 1. The Morgan fingerprint density at radius 3 is 2.65 bits per heavy atom. The maximum Gasteiger partial charge on any atom is 0.311 e. The summed E-state index contributed by atoms with van der Waals surface area (Å²) < 4.78 is 5.51. The van der Waals surface area contributed by atoms with Crippen LogP contribution in [0, 0.1) is 12.8 Å². The van der Waals surface area contributed by atoms with Gasteiger partial charge in [-0.1, -0.05) is 35.0 Å². The molecule has 1 aromatic carbocycles. The minimum Gasteiger partial charge on any atom is -0.469 e. The zero-order chi connectivity index (χ0) is 13.0. The van der Waals surface area contributed by atoms with Crippen LogP contribution in [0.5, 0.6) is 0 Å². The van der Waals surface area contributed by atoms with Gasteiger partial charge in [0.25, 0.3) is 0 Å². The van der Waals surface area contributed by atoms with E-state index in [1.807, 2.05) is 32.0 Å². The summed E-state index contributed by atoms with van der Waals surface area (Å²) in [7, 11) is 1.34. The van der Waals surface area contributed by atoms with Crippen molar-refractivity contribution in [3.8, 4) is 0 Å². The number of esters is 1. The number of carbonyl (C=O) groups excluding carboxylic acids is 1. The number of aliphatic hydroxyl groups is 1. The van der Waals surface area contributed by atoms with Gasteiger partial charge in [-0.2, -0.15) is 0 Å². The van der Waals surface area contributed by atoms with Gasteiger partial charge in [-0.3, -0.25) is 4.79 Å². The Labute approximate surface area is 110 Å². The first-order valence-electron chi connectivity index (χ1n) is 5.53. The summed E-state index contributed by atoms with van der Waals surface area (Å²) >= 11 is 3.40. The number of benzene rings is 1. The Morgan fingerprint density at radius 2 is 2.18 bits per heavy atom. The number of halogens is 1. The number of carbonyl (C=O) groups is 1. The molecule has 0 heterocycles. The molecule has 0 aromatic heterocycles. The van der Waals surface area contributed by atoms with Crippen molar-refractivity contribution in [3.05, 3.63) is 33.8 Å². The van der Waals surface area contributed by atoms with Gasteiger partial charge in [0.2, 0.25) is 0 Å². The molecule has 0 spiro atoms. The molecule has 17 heavy (non-hydrogen) atoms.